The van der Waals surface area contributed by atoms with Crippen LogP contribution in [0, 0.1) is 6.92 Å². The van der Waals surface area contributed by atoms with Gasteiger partial charge in [0.05, 0.1) is 0 Å². The van der Waals surface area contributed by atoms with Crippen molar-refractivity contribution in [2.75, 3.05) is 17.2 Å². The number of rotatable bonds is 7. The van der Waals surface area contributed by atoms with E-state index < -0.39 is 18.0 Å². The molecule has 0 aromatic heterocycles. The summed E-state index contributed by atoms with van der Waals surface area (Å²) in [5.74, 6) is -0.827. The Kier molecular flexibility index (Phi) is 7.40. The van der Waals surface area contributed by atoms with Crippen molar-refractivity contribution in [1.29, 1.82) is 0 Å². The lowest BCUT2D eigenvalue weighted by molar-refractivity contribution is -0.155. The van der Waals surface area contributed by atoms with Gasteiger partial charge in [0.15, 0.2) is 12.7 Å². The van der Waals surface area contributed by atoms with Crippen LogP contribution >= 0.6 is 11.6 Å². The summed E-state index contributed by atoms with van der Waals surface area (Å²) in [5.41, 5.74) is 1.91. The highest BCUT2D eigenvalue weighted by molar-refractivity contribution is 6.30. The molecule has 8 heteroatoms. The van der Waals surface area contributed by atoms with Crippen LogP contribution in [-0.4, -0.2) is 30.5 Å². The van der Waals surface area contributed by atoms with Gasteiger partial charge in [-0.1, -0.05) is 11.6 Å². The first kappa shape index (κ1) is 21.2. The Bertz CT molecular complexity index is 867. The number of anilines is 2. The van der Waals surface area contributed by atoms with Crippen LogP contribution < -0.4 is 15.4 Å². The molecule has 7 nitrogen and oxygen atoms in total. The highest BCUT2D eigenvalue weighted by Crippen LogP contribution is 2.21. The van der Waals surface area contributed by atoms with E-state index in [1.807, 2.05) is 0 Å². The molecular weight excluding hydrogens is 384 g/mol. The van der Waals surface area contributed by atoms with Crippen LogP contribution in [0.15, 0.2) is 42.5 Å². The summed E-state index contributed by atoms with van der Waals surface area (Å²) in [5, 5.41) is 5.83. The fourth-order valence-corrected chi connectivity index (χ4v) is 2.51. The third-order valence-corrected chi connectivity index (χ3v) is 3.87. The summed E-state index contributed by atoms with van der Waals surface area (Å²) in [6.45, 7) is 4.35. The fourth-order valence-electron chi connectivity index (χ4n) is 2.28. The molecule has 0 radical (unpaired) electrons. The van der Waals surface area contributed by atoms with E-state index in [1.165, 1.54) is 13.8 Å². The first-order valence-corrected chi connectivity index (χ1v) is 8.89. The van der Waals surface area contributed by atoms with Gasteiger partial charge in [0.1, 0.15) is 5.75 Å². The second-order valence-electron chi connectivity index (χ2n) is 6.08. The molecule has 0 saturated carbocycles. The second kappa shape index (κ2) is 9.75. The third kappa shape index (κ3) is 6.59. The zero-order valence-electron chi connectivity index (χ0n) is 15.7. The van der Waals surface area contributed by atoms with Crippen LogP contribution in [0.4, 0.5) is 11.4 Å². The lowest BCUT2D eigenvalue weighted by atomic mass is 10.2. The van der Waals surface area contributed by atoms with Gasteiger partial charge in [0.25, 0.3) is 5.91 Å². The Morgan fingerprint density at radius 3 is 2.21 bits per heavy atom. The molecule has 0 aliphatic heterocycles. The predicted octanol–water partition coefficient (Wildman–Crippen LogP) is 3.56. The maximum absolute atomic E-state index is 12.2. The largest absolute Gasteiger partial charge is 0.482 e. The zero-order valence-corrected chi connectivity index (χ0v) is 16.5. The molecule has 2 amide bonds. The molecule has 2 rings (SSSR count). The van der Waals surface area contributed by atoms with Crippen LogP contribution in [0.1, 0.15) is 19.4 Å². The van der Waals surface area contributed by atoms with Gasteiger partial charge in [-0.3, -0.25) is 9.59 Å². The number of ether oxygens (including phenoxy) is 2. The van der Waals surface area contributed by atoms with E-state index in [2.05, 4.69) is 10.6 Å². The molecule has 0 aliphatic carbocycles. The number of carbonyl (C=O) groups excluding carboxylic acids is 3. The molecule has 0 heterocycles. The first-order valence-electron chi connectivity index (χ1n) is 8.51. The highest BCUT2D eigenvalue weighted by Gasteiger charge is 2.18. The molecule has 0 fully saturated rings. The molecule has 148 valence electrons. The number of benzene rings is 2. The van der Waals surface area contributed by atoms with Crippen LogP contribution in [-0.2, 0) is 19.1 Å². The summed E-state index contributed by atoms with van der Waals surface area (Å²) in [6, 6.07) is 11.6. The third-order valence-electron chi connectivity index (χ3n) is 3.63. The van der Waals surface area contributed by atoms with Gasteiger partial charge < -0.3 is 20.1 Å². The minimum absolute atomic E-state index is 0.187. The number of nitrogens with one attached hydrogen (secondary N) is 2. The summed E-state index contributed by atoms with van der Waals surface area (Å²) >= 11 is 5.87. The van der Waals surface area contributed by atoms with Crippen molar-refractivity contribution in [1.82, 2.24) is 0 Å². The molecule has 2 aromatic carbocycles. The molecule has 1 atom stereocenters. The van der Waals surface area contributed by atoms with Gasteiger partial charge in [0, 0.05) is 23.3 Å². The maximum atomic E-state index is 12.2. The Hall–Kier alpha value is -3.06. The average Bonchev–Trinajstić information content (AvgIpc) is 2.62. The van der Waals surface area contributed by atoms with Crippen molar-refractivity contribution in [3.8, 4) is 5.75 Å². The van der Waals surface area contributed by atoms with Crippen LogP contribution in [0.5, 0.6) is 5.75 Å². The van der Waals surface area contributed by atoms with E-state index >= 15 is 0 Å². The Morgan fingerprint density at radius 2 is 1.64 bits per heavy atom. The van der Waals surface area contributed by atoms with Gasteiger partial charge in [-0.05, 0) is 61.9 Å². The lowest BCUT2D eigenvalue weighted by Gasteiger charge is -2.14. The number of hydrogen-bond acceptors (Lipinski definition) is 5. The number of carbonyl (C=O) groups is 3. The molecule has 2 aromatic rings. The standard InChI is InChI=1S/C20H21ClN2O5/c1-12-10-15(21)4-9-18(12)27-11-19(25)28-13(2)20(26)23-17-7-5-16(6-8-17)22-14(3)24/h4-10,13H,11H2,1-3H3,(H,22,24)(H,23,26)/t13-/m0/s1. The van der Waals surface area contributed by atoms with Crippen molar-refractivity contribution in [3.05, 3.63) is 53.1 Å². The number of halogens is 1. The lowest BCUT2D eigenvalue weighted by Crippen LogP contribution is -2.31. The average molecular weight is 405 g/mol. The van der Waals surface area contributed by atoms with Crippen LogP contribution in [0.3, 0.4) is 0 Å². The van der Waals surface area contributed by atoms with E-state index in [1.54, 1.807) is 49.4 Å². The van der Waals surface area contributed by atoms with Crippen molar-refractivity contribution >= 4 is 40.8 Å². The summed E-state index contributed by atoms with van der Waals surface area (Å²) in [7, 11) is 0. The van der Waals surface area contributed by atoms with Crippen molar-refractivity contribution in [2.45, 2.75) is 26.9 Å². The molecule has 28 heavy (non-hydrogen) atoms. The number of amides is 2. The minimum atomic E-state index is -1.00. The molecule has 2 N–H and O–H groups in total. The van der Waals surface area contributed by atoms with Gasteiger partial charge >= 0.3 is 5.97 Å². The van der Waals surface area contributed by atoms with E-state index in [9.17, 15) is 14.4 Å². The Labute approximate surface area is 168 Å². The monoisotopic (exact) mass is 404 g/mol. The molecule has 0 aliphatic rings. The van der Waals surface area contributed by atoms with Crippen molar-refractivity contribution < 1.29 is 23.9 Å². The highest BCUT2D eigenvalue weighted by atomic mass is 35.5. The van der Waals surface area contributed by atoms with E-state index in [0.29, 0.717) is 22.1 Å². The van der Waals surface area contributed by atoms with Crippen molar-refractivity contribution in [2.24, 2.45) is 0 Å². The Morgan fingerprint density at radius 1 is 1.04 bits per heavy atom. The molecular formula is C20H21ClN2O5. The summed E-state index contributed by atoms with van der Waals surface area (Å²) < 4.78 is 10.5. The summed E-state index contributed by atoms with van der Waals surface area (Å²) in [4.78, 5) is 35.1. The minimum Gasteiger partial charge on any atom is -0.482 e. The molecule has 0 saturated heterocycles. The molecule has 0 unspecified atom stereocenters. The Balaban J connectivity index is 1.82. The van der Waals surface area contributed by atoms with E-state index in [4.69, 9.17) is 21.1 Å². The number of aryl methyl sites for hydroxylation is 1. The molecule has 0 spiro atoms. The van der Waals surface area contributed by atoms with Crippen LogP contribution in [0.2, 0.25) is 5.02 Å². The summed E-state index contributed by atoms with van der Waals surface area (Å²) in [6.07, 6.45) is -1.00. The first-order chi connectivity index (χ1) is 13.2. The smallest absolute Gasteiger partial charge is 0.344 e. The second-order valence-corrected chi connectivity index (χ2v) is 6.51. The number of hydrogen-bond donors (Lipinski definition) is 2. The quantitative estimate of drug-likeness (QED) is 0.688. The van der Waals surface area contributed by atoms with Gasteiger partial charge in [-0.15, -0.1) is 0 Å². The van der Waals surface area contributed by atoms with Crippen molar-refractivity contribution in [3.63, 3.8) is 0 Å². The SMILES string of the molecule is CC(=O)Nc1ccc(NC(=O)[C@H](C)OC(=O)COc2ccc(Cl)cc2C)cc1. The zero-order chi connectivity index (χ0) is 20.7. The number of esters is 1. The maximum Gasteiger partial charge on any atom is 0.344 e. The van der Waals surface area contributed by atoms with Crippen LogP contribution in [0.25, 0.3) is 0 Å². The van der Waals surface area contributed by atoms with E-state index in [0.717, 1.165) is 5.56 Å². The van der Waals surface area contributed by atoms with Gasteiger partial charge in [-0.2, -0.15) is 0 Å². The fraction of sp³-hybridized carbons (Fsp3) is 0.250. The molecule has 0 bridgehead atoms. The van der Waals surface area contributed by atoms with Gasteiger partial charge in [0.2, 0.25) is 5.91 Å². The van der Waals surface area contributed by atoms with E-state index in [-0.39, 0.29) is 12.5 Å². The predicted molar refractivity (Wildman–Crippen MR) is 107 cm³/mol. The topological polar surface area (TPSA) is 93.7 Å². The normalized spacial score (nSPS) is 11.3. The van der Waals surface area contributed by atoms with Gasteiger partial charge in [-0.25, -0.2) is 4.79 Å².